The minimum Gasteiger partial charge on any atom is -0.371 e. The van der Waals surface area contributed by atoms with Crippen LogP contribution >= 0.6 is 11.9 Å². The summed E-state index contributed by atoms with van der Waals surface area (Å²) in [6, 6.07) is 8.62. The molecule has 5 rings (SSSR count). The van der Waals surface area contributed by atoms with Gasteiger partial charge in [-0.25, -0.2) is 13.5 Å². The number of nitrogens with one attached hydrogen (secondary N) is 2. The molecule has 3 aliphatic rings. The van der Waals surface area contributed by atoms with Crippen molar-refractivity contribution >= 4 is 41.2 Å². The number of amides is 1. The average molecular weight is 532 g/mol. The summed E-state index contributed by atoms with van der Waals surface area (Å²) >= 11 is 1.27. The van der Waals surface area contributed by atoms with Crippen LogP contribution < -0.4 is 25.5 Å². The van der Waals surface area contributed by atoms with Crippen molar-refractivity contribution in [2.45, 2.75) is 44.4 Å². The summed E-state index contributed by atoms with van der Waals surface area (Å²) in [5.74, 6) is -2.84. The van der Waals surface area contributed by atoms with E-state index in [0.29, 0.717) is 16.7 Å². The minimum absolute atomic E-state index is 0.0807. The second-order valence-corrected chi connectivity index (χ2v) is 11.0. The molecule has 1 saturated carbocycles. The van der Waals surface area contributed by atoms with E-state index in [1.54, 1.807) is 29.2 Å². The second-order valence-electron chi connectivity index (χ2n) is 10.2. The lowest BCUT2D eigenvalue weighted by molar-refractivity contribution is -0.105. The summed E-state index contributed by atoms with van der Waals surface area (Å²) in [5.41, 5.74) is 4.99. The number of hydrogen-bond acceptors (Lipinski definition) is 7. The maximum atomic E-state index is 13.6. The lowest BCUT2D eigenvalue weighted by Gasteiger charge is -2.35. The van der Waals surface area contributed by atoms with Crippen molar-refractivity contribution in [1.29, 1.82) is 0 Å². The Kier molecular flexibility index (Phi) is 7.15. The van der Waals surface area contributed by atoms with Gasteiger partial charge in [0, 0.05) is 50.9 Å². The van der Waals surface area contributed by atoms with Crippen LogP contribution in [0.5, 0.6) is 0 Å². The number of piperidine rings is 2. The number of aldehydes is 1. The standard InChI is InChI=1S/C26H31F2N5O3S/c27-26(28)9-14-31(15-10-26)21-2-1-11-33(24(21)36)29-23(35)20-4-3-19(30-37-17-16-34)18-22(20)32-12-7-25(5-6-25)8-13-32/h1-4,11,16,18,30H,5-10,12-15,17H2,(H,29,35). The van der Waals surface area contributed by atoms with Gasteiger partial charge in [-0.05, 0) is 73.4 Å². The first-order chi connectivity index (χ1) is 17.8. The molecule has 1 aromatic carbocycles. The highest BCUT2D eigenvalue weighted by molar-refractivity contribution is 8.01. The van der Waals surface area contributed by atoms with E-state index in [9.17, 15) is 23.2 Å². The van der Waals surface area contributed by atoms with Gasteiger partial charge in [-0.3, -0.25) is 15.0 Å². The number of aromatic nitrogens is 1. The predicted molar refractivity (Wildman–Crippen MR) is 142 cm³/mol. The lowest BCUT2D eigenvalue weighted by atomic mass is 9.93. The topological polar surface area (TPSA) is 86.7 Å². The fourth-order valence-corrected chi connectivity index (χ4v) is 5.61. The number of rotatable bonds is 8. The third kappa shape index (κ3) is 5.76. The summed E-state index contributed by atoms with van der Waals surface area (Å²) in [4.78, 5) is 41.1. The van der Waals surface area contributed by atoms with Gasteiger partial charge < -0.3 is 19.3 Å². The SMILES string of the molecule is O=CCSNc1ccc(C(=O)Nn2cccc(N3CCC(F)(F)CC3)c2=O)c(N2CCC3(CC2)CC3)c1. The molecule has 0 radical (unpaired) electrons. The Labute approximate surface area is 218 Å². The average Bonchev–Trinajstić information content (AvgIpc) is 3.64. The first kappa shape index (κ1) is 25.6. The number of halogens is 2. The Morgan fingerprint density at radius 2 is 1.65 bits per heavy atom. The number of anilines is 3. The third-order valence-corrected chi connectivity index (χ3v) is 8.37. The molecule has 0 atom stereocenters. The molecule has 8 nitrogen and oxygen atoms in total. The molecule has 3 heterocycles. The molecule has 1 aliphatic carbocycles. The molecule has 11 heteroatoms. The molecule has 3 fully saturated rings. The highest BCUT2D eigenvalue weighted by Gasteiger charge is 2.44. The van der Waals surface area contributed by atoms with Crippen LogP contribution in [0.25, 0.3) is 0 Å². The van der Waals surface area contributed by atoms with E-state index in [1.165, 1.54) is 31.0 Å². The zero-order valence-corrected chi connectivity index (χ0v) is 21.4. The molecule has 37 heavy (non-hydrogen) atoms. The smallest absolute Gasteiger partial charge is 0.292 e. The van der Waals surface area contributed by atoms with Crippen molar-refractivity contribution in [2.24, 2.45) is 5.41 Å². The van der Waals surface area contributed by atoms with Crippen molar-refractivity contribution in [1.82, 2.24) is 4.68 Å². The predicted octanol–water partition coefficient (Wildman–Crippen LogP) is 4.11. The van der Waals surface area contributed by atoms with Gasteiger partial charge in [-0.1, -0.05) is 0 Å². The molecule has 1 amide bonds. The van der Waals surface area contributed by atoms with E-state index in [2.05, 4.69) is 15.0 Å². The molecule has 2 N–H and O–H groups in total. The number of carbonyl (C=O) groups is 2. The molecule has 2 aromatic rings. The van der Waals surface area contributed by atoms with Gasteiger partial charge in [-0.2, -0.15) is 0 Å². The van der Waals surface area contributed by atoms with E-state index < -0.39 is 17.4 Å². The van der Waals surface area contributed by atoms with Crippen LogP contribution in [0.4, 0.5) is 25.8 Å². The molecular formula is C26H31F2N5O3S. The number of nitrogens with zero attached hydrogens (tertiary/aromatic N) is 3. The fraction of sp³-hybridized carbons (Fsp3) is 0.500. The quantitative estimate of drug-likeness (QED) is 0.301. The van der Waals surface area contributed by atoms with Gasteiger partial charge in [0.25, 0.3) is 17.4 Å². The molecule has 0 bridgehead atoms. The van der Waals surface area contributed by atoms with Crippen LogP contribution in [0.15, 0.2) is 41.3 Å². The molecule has 198 valence electrons. The van der Waals surface area contributed by atoms with Crippen molar-refractivity contribution < 1.29 is 18.4 Å². The van der Waals surface area contributed by atoms with E-state index in [1.807, 2.05) is 6.07 Å². The monoisotopic (exact) mass is 531 g/mol. The summed E-state index contributed by atoms with van der Waals surface area (Å²) < 4.78 is 31.4. The van der Waals surface area contributed by atoms with E-state index in [-0.39, 0.29) is 31.6 Å². The van der Waals surface area contributed by atoms with Gasteiger partial charge in [0.2, 0.25) is 0 Å². The Bertz CT molecular complexity index is 1210. The van der Waals surface area contributed by atoms with Gasteiger partial charge in [0.15, 0.2) is 0 Å². The Morgan fingerprint density at radius 1 is 0.973 bits per heavy atom. The van der Waals surface area contributed by atoms with E-state index >= 15 is 0 Å². The van der Waals surface area contributed by atoms with Crippen LogP contribution in [-0.4, -0.2) is 54.7 Å². The molecule has 1 spiro atoms. The Balaban J connectivity index is 1.36. The summed E-state index contributed by atoms with van der Waals surface area (Å²) in [5, 5.41) is 0. The normalized spacial score (nSPS) is 19.9. The van der Waals surface area contributed by atoms with Crippen molar-refractivity contribution in [3.63, 3.8) is 0 Å². The zero-order chi connectivity index (χ0) is 26.0. The number of benzene rings is 1. The first-order valence-corrected chi connectivity index (χ1v) is 13.6. The number of carbonyl (C=O) groups excluding carboxylic acids is 2. The van der Waals surface area contributed by atoms with Crippen molar-refractivity contribution in [3.8, 4) is 0 Å². The number of pyridine rings is 1. The first-order valence-electron chi connectivity index (χ1n) is 12.7. The Hall–Kier alpha value is -3.08. The van der Waals surface area contributed by atoms with Crippen LogP contribution in [0.1, 0.15) is 48.9 Å². The van der Waals surface area contributed by atoms with Gasteiger partial charge in [-0.15, -0.1) is 0 Å². The van der Waals surface area contributed by atoms with Crippen molar-refractivity contribution in [3.05, 3.63) is 52.4 Å². The maximum Gasteiger partial charge on any atom is 0.292 e. The second kappa shape index (κ2) is 10.4. The Morgan fingerprint density at radius 3 is 2.32 bits per heavy atom. The fourth-order valence-electron chi connectivity index (χ4n) is 5.16. The molecular weight excluding hydrogens is 500 g/mol. The molecule has 2 aliphatic heterocycles. The number of hydrogen-bond donors (Lipinski definition) is 2. The minimum atomic E-state index is -2.71. The van der Waals surface area contributed by atoms with Crippen LogP contribution in [0.2, 0.25) is 0 Å². The maximum absolute atomic E-state index is 13.6. The molecule has 1 aromatic heterocycles. The molecule has 0 unspecified atom stereocenters. The largest absolute Gasteiger partial charge is 0.371 e. The van der Waals surface area contributed by atoms with Gasteiger partial charge >= 0.3 is 0 Å². The lowest BCUT2D eigenvalue weighted by Crippen LogP contribution is -2.43. The van der Waals surface area contributed by atoms with Crippen molar-refractivity contribution in [2.75, 3.05) is 51.9 Å². The third-order valence-electron chi connectivity index (χ3n) is 7.69. The van der Waals surface area contributed by atoms with Gasteiger partial charge in [0.1, 0.15) is 12.0 Å². The van der Waals surface area contributed by atoms with Crippen LogP contribution in [0.3, 0.4) is 0 Å². The summed E-state index contributed by atoms with van der Waals surface area (Å²) in [6.45, 7) is 1.86. The summed E-state index contributed by atoms with van der Waals surface area (Å²) in [6.07, 6.45) is 6.38. The molecule has 2 saturated heterocycles. The summed E-state index contributed by atoms with van der Waals surface area (Å²) in [7, 11) is 0. The van der Waals surface area contributed by atoms with Crippen LogP contribution in [0, 0.1) is 5.41 Å². The van der Waals surface area contributed by atoms with E-state index in [4.69, 9.17) is 0 Å². The van der Waals surface area contributed by atoms with Crippen LogP contribution in [-0.2, 0) is 4.79 Å². The number of alkyl halides is 2. The highest BCUT2D eigenvalue weighted by Crippen LogP contribution is 2.54. The van der Waals surface area contributed by atoms with E-state index in [0.717, 1.165) is 48.3 Å². The highest BCUT2D eigenvalue weighted by atomic mass is 32.2. The zero-order valence-electron chi connectivity index (χ0n) is 20.6. The van der Waals surface area contributed by atoms with Gasteiger partial charge in [0.05, 0.1) is 17.0 Å².